The molecule has 21 heavy (non-hydrogen) atoms. The highest BCUT2D eigenvalue weighted by molar-refractivity contribution is 5.91. The highest BCUT2D eigenvalue weighted by Gasteiger charge is 2.21. The zero-order chi connectivity index (χ0) is 15.2. The van der Waals surface area contributed by atoms with Gasteiger partial charge >= 0.3 is 0 Å². The van der Waals surface area contributed by atoms with Gasteiger partial charge in [0.05, 0.1) is 0 Å². The van der Waals surface area contributed by atoms with Crippen LogP contribution in [0.3, 0.4) is 0 Å². The van der Waals surface area contributed by atoms with Crippen LogP contribution < -0.4 is 5.32 Å². The van der Waals surface area contributed by atoms with Gasteiger partial charge in [0.25, 0.3) is 0 Å². The first kappa shape index (κ1) is 15.5. The SMILES string of the molecule is CC(=O)N1CCC(CCC(=O)Nc2ccncc2C)CC1. The van der Waals surface area contributed by atoms with Gasteiger partial charge in [-0.25, -0.2) is 0 Å². The Labute approximate surface area is 125 Å². The molecule has 0 saturated carbocycles. The Hall–Kier alpha value is -1.91. The number of hydrogen-bond donors (Lipinski definition) is 1. The number of nitrogens with zero attached hydrogens (tertiary/aromatic N) is 2. The first-order valence-corrected chi connectivity index (χ1v) is 7.52. The van der Waals surface area contributed by atoms with Crippen LogP contribution in [0.2, 0.25) is 0 Å². The summed E-state index contributed by atoms with van der Waals surface area (Å²) in [6, 6.07) is 1.82. The van der Waals surface area contributed by atoms with Crippen molar-refractivity contribution in [1.82, 2.24) is 9.88 Å². The normalized spacial score (nSPS) is 15.8. The van der Waals surface area contributed by atoms with E-state index in [4.69, 9.17) is 0 Å². The summed E-state index contributed by atoms with van der Waals surface area (Å²) in [4.78, 5) is 29.1. The number of likely N-dealkylation sites (tertiary alicyclic amines) is 1. The Kier molecular flexibility index (Phi) is 5.31. The molecule has 1 fully saturated rings. The number of rotatable bonds is 4. The van der Waals surface area contributed by atoms with Crippen molar-refractivity contribution < 1.29 is 9.59 Å². The summed E-state index contributed by atoms with van der Waals surface area (Å²) in [5, 5.41) is 2.93. The number of carbonyl (C=O) groups is 2. The zero-order valence-corrected chi connectivity index (χ0v) is 12.8. The first-order chi connectivity index (χ1) is 10.1. The molecular formula is C16H23N3O2. The molecular weight excluding hydrogens is 266 g/mol. The third-order valence-electron chi connectivity index (χ3n) is 4.13. The number of aryl methyl sites for hydroxylation is 1. The molecule has 1 aliphatic rings. The standard InChI is InChI=1S/C16H23N3O2/c1-12-11-17-8-5-15(12)18-16(21)4-3-14-6-9-19(10-7-14)13(2)20/h5,8,11,14H,3-4,6-7,9-10H2,1-2H3,(H,17,18,21). The number of hydrogen-bond acceptors (Lipinski definition) is 3. The number of nitrogens with one attached hydrogen (secondary N) is 1. The molecule has 0 aliphatic carbocycles. The summed E-state index contributed by atoms with van der Waals surface area (Å²) >= 11 is 0. The zero-order valence-electron chi connectivity index (χ0n) is 12.8. The van der Waals surface area contributed by atoms with Gasteiger partial charge in [-0.3, -0.25) is 14.6 Å². The van der Waals surface area contributed by atoms with Crippen LogP contribution in [0.15, 0.2) is 18.5 Å². The molecule has 0 unspecified atom stereocenters. The fraction of sp³-hybridized carbons (Fsp3) is 0.562. The molecule has 1 aliphatic heterocycles. The maximum atomic E-state index is 12.0. The predicted octanol–water partition coefficient (Wildman–Crippen LogP) is 2.37. The van der Waals surface area contributed by atoms with Crippen LogP contribution >= 0.6 is 0 Å². The van der Waals surface area contributed by atoms with Crippen LogP contribution in [-0.2, 0) is 9.59 Å². The topological polar surface area (TPSA) is 62.3 Å². The van der Waals surface area contributed by atoms with Gasteiger partial charge in [-0.1, -0.05) is 0 Å². The van der Waals surface area contributed by atoms with Crippen molar-refractivity contribution >= 4 is 17.5 Å². The van der Waals surface area contributed by atoms with Crippen LogP contribution in [-0.4, -0.2) is 34.8 Å². The van der Waals surface area contributed by atoms with Crippen molar-refractivity contribution in [1.29, 1.82) is 0 Å². The molecule has 5 heteroatoms. The molecule has 1 aromatic heterocycles. The number of piperidine rings is 1. The molecule has 0 spiro atoms. The third-order valence-corrected chi connectivity index (χ3v) is 4.13. The largest absolute Gasteiger partial charge is 0.343 e. The minimum atomic E-state index is 0.0540. The number of anilines is 1. The number of carbonyl (C=O) groups excluding carboxylic acids is 2. The second-order valence-electron chi connectivity index (χ2n) is 5.73. The van der Waals surface area contributed by atoms with Gasteiger partial charge in [0.15, 0.2) is 0 Å². The lowest BCUT2D eigenvalue weighted by Gasteiger charge is -2.31. The summed E-state index contributed by atoms with van der Waals surface area (Å²) in [6.07, 6.45) is 6.85. The van der Waals surface area contributed by atoms with Crippen molar-refractivity contribution in [3.05, 3.63) is 24.0 Å². The monoisotopic (exact) mass is 289 g/mol. The van der Waals surface area contributed by atoms with E-state index in [1.807, 2.05) is 17.9 Å². The van der Waals surface area contributed by atoms with E-state index in [0.717, 1.165) is 43.6 Å². The molecule has 0 atom stereocenters. The van der Waals surface area contributed by atoms with E-state index in [2.05, 4.69) is 10.3 Å². The van der Waals surface area contributed by atoms with Crippen molar-refractivity contribution in [3.8, 4) is 0 Å². The van der Waals surface area contributed by atoms with Gasteiger partial charge in [-0.05, 0) is 43.7 Å². The Morgan fingerprint density at radius 2 is 2.10 bits per heavy atom. The van der Waals surface area contributed by atoms with E-state index in [0.29, 0.717) is 12.3 Å². The van der Waals surface area contributed by atoms with E-state index in [-0.39, 0.29) is 11.8 Å². The molecule has 2 rings (SSSR count). The summed E-state index contributed by atoms with van der Waals surface area (Å²) < 4.78 is 0. The summed E-state index contributed by atoms with van der Waals surface area (Å²) in [5.74, 6) is 0.752. The molecule has 1 N–H and O–H groups in total. The van der Waals surface area contributed by atoms with Crippen LogP contribution in [0.25, 0.3) is 0 Å². The second-order valence-corrected chi connectivity index (χ2v) is 5.73. The van der Waals surface area contributed by atoms with Crippen LogP contribution in [0, 0.1) is 12.8 Å². The van der Waals surface area contributed by atoms with Gasteiger partial charge in [-0.2, -0.15) is 0 Å². The molecule has 114 valence electrons. The number of aromatic nitrogens is 1. The van der Waals surface area contributed by atoms with Crippen molar-refractivity contribution in [2.45, 2.75) is 39.5 Å². The van der Waals surface area contributed by atoms with E-state index >= 15 is 0 Å². The molecule has 0 bridgehead atoms. The molecule has 0 radical (unpaired) electrons. The van der Waals surface area contributed by atoms with Gasteiger partial charge < -0.3 is 10.2 Å². The van der Waals surface area contributed by atoms with Gasteiger partial charge in [0.2, 0.25) is 11.8 Å². The summed E-state index contributed by atoms with van der Waals surface area (Å²) in [7, 11) is 0. The quantitative estimate of drug-likeness (QED) is 0.925. The molecule has 2 heterocycles. The maximum absolute atomic E-state index is 12.0. The van der Waals surface area contributed by atoms with E-state index in [9.17, 15) is 9.59 Å². The number of pyridine rings is 1. The Morgan fingerprint density at radius 1 is 1.38 bits per heavy atom. The Balaban J connectivity index is 1.73. The predicted molar refractivity (Wildman–Crippen MR) is 81.8 cm³/mol. The highest BCUT2D eigenvalue weighted by Crippen LogP contribution is 2.22. The lowest BCUT2D eigenvalue weighted by atomic mass is 9.92. The van der Waals surface area contributed by atoms with Crippen molar-refractivity contribution in [3.63, 3.8) is 0 Å². The lowest BCUT2D eigenvalue weighted by Crippen LogP contribution is -2.37. The van der Waals surface area contributed by atoms with E-state index in [1.54, 1.807) is 19.3 Å². The molecule has 2 amide bonds. The van der Waals surface area contributed by atoms with Crippen molar-refractivity contribution in [2.24, 2.45) is 5.92 Å². The minimum absolute atomic E-state index is 0.0540. The third kappa shape index (κ3) is 4.55. The molecule has 1 aromatic rings. The van der Waals surface area contributed by atoms with Gasteiger partial charge in [-0.15, -0.1) is 0 Å². The first-order valence-electron chi connectivity index (χ1n) is 7.52. The Bertz CT molecular complexity index is 508. The Morgan fingerprint density at radius 3 is 2.71 bits per heavy atom. The average Bonchev–Trinajstić information content (AvgIpc) is 2.48. The van der Waals surface area contributed by atoms with Crippen molar-refractivity contribution in [2.75, 3.05) is 18.4 Å². The lowest BCUT2D eigenvalue weighted by molar-refractivity contribution is -0.130. The van der Waals surface area contributed by atoms with Crippen LogP contribution in [0.5, 0.6) is 0 Å². The molecule has 0 aromatic carbocycles. The highest BCUT2D eigenvalue weighted by atomic mass is 16.2. The summed E-state index contributed by atoms with van der Waals surface area (Å²) in [5.41, 5.74) is 1.81. The van der Waals surface area contributed by atoms with E-state index < -0.39 is 0 Å². The average molecular weight is 289 g/mol. The fourth-order valence-electron chi connectivity index (χ4n) is 2.70. The second kappa shape index (κ2) is 7.20. The smallest absolute Gasteiger partial charge is 0.224 e. The molecule has 1 saturated heterocycles. The van der Waals surface area contributed by atoms with Crippen LogP contribution in [0.1, 0.15) is 38.2 Å². The maximum Gasteiger partial charge on any atom is 0.224 e. The van der Waals surface area contributed by atoms with Gasteiger partial charge in [0.1, 0.15) is 0 Å². The van der Waals surface area contributed by atoms with Gasteiger partial charge in [0, 0.05) is 44.5 Å². The minimum Gasteiger partial charge on any atom is -0.343 e. The van der Waals surface area contributed by atoms with E-state index in [1.165, 1.54) is 0 Å². The fourth-order valence-corrected chi connectivity index (χ4v) is 2.70. The summed E-state index contributed by atoms with van der Waals surface area (Å²) in [6.45, 7) is 5.20. The molecule has 5 nitrogen and oxygen atoms in total. The number of amides is 2. The van der Waals surface area contributed by atoms with Crippen LogP contribution in [0.4, 0.5) is 5.69 Å².